The number of benzene rings is 2. The molecule has 0 aliphatic carbocycles. The Kier molecular flexibility index (Phi) is 2.43. The molecule has 1 heterocycles. The second kappa shape index (κ2) is 3.90. The second-order valence-electron chi connectivity index (χ2n) is 4.64. The van der Waals surface area contributed by atoms with Crippen molar-refractivity contribution in [2.45, 2.75) is 12.5 Å². The van der Waals surface area contributed by atoms with Gasteiger partial charge in [-0.3, -0.25) is 4.79 Å². The van der Waals surface area contributed by atoms with Crippen LogP contribution in [0.2, 0.25) is 0 Å². The van der Waals surface area contributed by atoms with Gasteiger partial charge in [0.15, 0.2) is 5.60 Å². The fourth-order valence-corrected chi connectivity index (χ4v) is 2.48. The number of amides is 1. The molecule has 3 nitrogen and oxygen atoms in total. The van der Waals surface area contributed by atoms with E-state index in [1.807, 2.05) is 13.0 Å². The highest BCUT2D eigenvalue weighted by atomic mass is 19.1. The third-order valence-corrected chi connectivity index (χ3v) is 3.49. The van der Waals surface area contributed by atoms with Crippen molar-refractivity contribution >= 4 is 11.6 Å². The molecular weight excluding hydrogens is 245 g/mol. The number of anilines is 1. The molecule has 1 unspecified atom stereocenters. The van der Waals surface area contributed by atoms with Gasteiger partial charge in [-0.05, 0) is 18.6 Å². The van der Waals surface area contributed by atoms with Crippen molar-refractivity contribution < 1.29 is 14.3 Å². The normalized spacial score (nSPS) is 21.1. The number of fused-ring (bicyclic) bond motifs is 1. The first kappa shape index (κ1) is 11.9. The number of nitrogens with one attached hydrogen (secondary N) is 1. The summed E-state index contributed by atoms with van der Waals surface area (Å²) in [7, 11) is 0. The van der Waals surface area contributed by atoms with Gasteiger partial charge in [0.1, 0.15) is 5.82 Å². The highest BCUT2D eigenvalue weighted by Crippen LogP contribution is 2.42. The SMILES string of the molecule is Cc1cccc2c1NC(=O)C2(O)c1ccccc1F. The molecule has 0 fully saturated rings. The van der Waals surface area contributed by atoms with Gasteiger partial charge < -0.3 is 10.4 Å². The maximum absolute atomic E-state index is 13.9. The molecule has 1 aliphatic heterocycles. The van der Waals surface area contributed by atoms with Gasteiger partial charge in [-0.25, -0.2) is 4.39 Å². The van der Waals surface area contributed by atoms with E-state index in [-0.39, 0.29) is 5.56 Å². The Morgan fingerprint density at radius 2 is 1.79 bits per heavy atom. The van der Waals surface area contributed by atoms with Crippen LogP contribution in [0.3, 0.4) is 0 Å². The van der Waals surface area contributed by atoms with E-state index in [2.05, 4.69) is 5.32 Å². The summed E-state index contributed by atoms with van der Waals surface area (Å²) < 4.78 is 13.9. The molecule has 2 aromatic rings. The van der Waals surface area contributed by atoms with E-state index in [0.29, 0.717) is 11.3 Å². The van der Waals surface area contributed by atoms with Crippen LogP contribution in [0.4, 0.5) is 10.1 Å². The molecule has 2 aromatic carbocycles. The molecule has 1 atom stereocenters. The lowest BCUT2D eigenvalue weighted by Gasteiger charge is -2.21. The average Bonchev–Trinajstić information content (AvgIpc) is 2.65. The number of carbonyl (C=O) groups is 1. The first-order valence-corrected chi connectivity index (χ1v) is 5.94. The predicted octanol–water partition coefficient (Wildman–Crippen LogP) is 2.32. The lowest BCUT2D eigenvalue weighted by atomic mass is 9.86. The van der Waals surface area contributed by atoms with Gasteiger partial charge in [-0.1, -0.05) is 36.4 Å². The van der Waals surface area contributed by atoms with Crippen LogP contribution in [0.1, 0.15) is 16.7 Å². The van der Waals surface area contributed by atoms with Gasteiger partial charge in [0.05, 0.1) is 5.69 Å². The van der Waals surface area contributed by atoms with E-state index >= 15 is 0 Å². The van der Waals surface area contributed by atoms with E-state index in [9.17, 15) is 14.3 Å². The van der Waals surface area contributed by atoms with E-state index in [4.69, 9.17) is 0 Å². The Bertz CT molecular complexity index is 684. The summed E-state index contributed by atoms with van der Waals surface area (Å²) in [6.45, 7) is 1.83. The first-order chi connectivity index (χ1) is 9.05. The van der Waals surface area contributed by atoms with E-state index in [1.165, 1.54) is 18.2 Å². The maximum atomic E-state index is 13.9. The summed E-state index contributed by atoms with van der Waals surface area (Å²) in [6, 6.07) is 11.0. The van der Waals surface area contributed by atoms with Crippen LogP contribution in [0.25, 0.3) is 0 Å². The predicted molar refractivity (Wildman–Crippen MR) is 69.2 cm³/mol. The summed E-state index contributed by atoms with van der Waals surface area (Å²) in [5, 5.41) is 13.4. The van der Waals surface area contributed by atoms with Crippen LogP contribution in [-0.2, 0) is 10.4 Å². The molecule has 0 saturated carbocycles. The fraction of sp³-hybridized carbons (Fsp3) is 0.133. The molecule has 19 heavy (non-hydrogen) atoms. The molecule has 1 aliphatic rings. The molecule has 0 saturated heterocycles. The minimum Gasteiger partial charge on any atom is -0.372 e. The fourth-order valence-electron chi connectivity index (χ4n) is 2.48. The van der Waals surface area contributed by atoms with Gasteiger partial charge in [-0.15, -0.1) is 0 Å². The Hall–Kier alpha value is -2.20. The minimum atomic E-state index is -1.97. The number of halogens is 1. The van der Waals surface area contributed by atoms with Gasteiger partial charge in [-0.2, -0.15) is 0 Å². The van der Waals surface area contributed by atoms with Crippen molar-refractivity contribution in [2.24, 2.45) is 0 Å². The number of hydrogen-bond donors (Lipinski definition) is 2. The van der Waals surface area contributed by atoms with Crippen molar-refractivity contribution in [2.75, 3.05) is 5.32 Å². The lowest BCUT2D eigenvalue weighted by molar-refractivity contribution is -0.129. The topological polar surface area (TPSA) is 49.3 Å². The zero-order valence-electron chi connectivity index (χ0n) is 10.3. The van der Waals surface area contributed by atoms with Crippen LogP contribution in [0, 0.1) is 12.7 Å². The van der Waals surface area contributed by atoms with Crippen molar-refractivity contribution in [3.05, 3.63) is 65.0 Å². The minimum absolute atomic E-state index is 0.0307. The third-order valence-electron chi connectivity index (χ3n) is 3.49. The Morgan fingerprint density at radius 3 is 2.53 bits per heavy atom. The molecule has 0 radical (unpaired) electrons. The molecule has 3 rings (SSSR count). The largest absolute Gasteiger partial charge is 0.372 e. The third kappa shape index (κ3) is 1.50. The van der Waals surface area contributed by atoms with Crippen LogP contribution >= 0.6 is 0 Å². The molecule has 0 aromatic heterocycles. The van der Waals surface area contributed by atoms with Gasteiger partial charge in [0.2, 0.25) is 0 Å². The number of hydrogen-bond acceptors (Lipinski definition) is 2. The Balaban J connectivity index is 2.30. The Morgan fingerprint density at radius 1 is 1.11 bits per heavy atom. The zero-order valence-corrected chi connectivity index (χ0v) is 10.3. The smallest absolute Gasteiger partial charge is 0.265 e. The van der Waals surface area contributed by atoms with Gasteiger partial charge in [0, 0.05) is 11.1 Å². The molecule has 1 amide bonds. The quantitative estimate of drug-likeness (QED) is 0.823. The number of aryl methyl sites for hydroxylation is 1. The lowest BCUT2D eigenvalue weighted by Crippen LogP contribution is -2.36. The summed E-state index contributed by atoms with van der Waals surface area (Å²) in [5.74, 6) is -1.23. The van der Waals surface area contributed by atoms with Crippen molar-refractivity contribution in [1.29, 1.82) is 0 Å². The number of carbonyl (C=O) groups excluding carboxylic acids is 1. The first-order valence-electron chi connectivity index (χ1n) is 5.94. The highest BCUT2D eigenvalue weighted by Gasteiger charge is 2.48. The van der Waals surface area contributed by atoms with Crippen LogP contribution in [-0.4, -0.2) is 11.0 Å². The van der Waals surface area contributed by atoms with Crippen LogP contribution in [0.5, 0.6) is 0 Å². The van der Waals surface area contributed by atoms with Crippen molar-refractivity contribution in [3.63, 3.8) is 0 Å². The van der Waals surface area contributed by atoms with E-state index in [0.717, 1.165) is 5.56 Å². The van der Waals surface area contributed by atoms with Gasteiger partial charge >= 0.3 is 0 Å². The Labute approximate surface area is 109 Å². The molecule has 0 spiro atoms. The highest BCUT2D eigenvalue weighted by molar-refractivity contribution is 6.07. The van der Waals surface area contributed by atoms with Gasteiger partial charge in [0.25, 0.3) is 5.91 Å². The van der Waals surface area contributed by atoms with E-state index in [1.54, 1.807) is 18.2 Å². The standard InChI is InChI=1S/C15H12FNO2/c1-9-5-4-7-11-13(9)17-14(18)15(11,19)10-6-2-3-8-12(10)16/h2-8,19H,1H3,(H,17,18). The second-order valence-corrected chi connectivity index (χ2v) is 4.64. The summed E-state index contributed by atoms with van der Waals surface area (Å²) >= 11 is 0. The molecule has 4 heteroatoms. The van der Waals surface area contributed by atoms with Crippen LogP contribution < -0.4 is 5.32 Å². The molecule has 96 valence electrons. The van der Waals surface area contributed by atoms with E-state index < -0.39 is 17.3 Å². The molecular formula is C15H12FNO2. The molecule has 0 bridgehead atoms. The molecule has 2 N–H and O–H groups in total. The summed E-state index contributed by atoms with van der Waals surface area (Å²) in [6.07, 6.45) is 0. The zero-order chi connectivity index (χ0) is 13.6. The van der Waals surface area contributed by atoms with Crippen molar-refractivity contribution in [1.82, 2.24) is 0 Å². The number of aliphatic hydroxyl groups is 1. The maximum Gasteiger partial charge on any atom is 0.265 e. The number of para-hydroxylation sites is 1. The number of rotatable bonds is 1. The summed E-state index contributed by atoms with van der Waals surface area (Å²) in [4.78, 5) is 12.1. The van der Waals surface area contributed by atoms with Crippen molar-refractivity contribution in [3.8, 4) is 0 Å². The summed E-state index contributed by atoms with van der Waals surface area (Å²) in [5.41, 5.74) is -0.219. The monoisotopic (exact) mass is 257 g/mol. The average molecular weight is 257 g/mol. The van der Waals surface area contributed by atoms with Crippen LogP contribution in [0.15, 0.2) is 42.5 Å².